The minimum absolute atomic E-state index is 0.186. The van der Waals surface area contributed by atoms with Crippen LogP contribution in [-0.4, -0.2) is 69.4 Å². The average molecular weight is 348 g/mol. The number of urea groups is 1. The average Bonchev–Trinajstić information content (AvgIpc) is 3.11. The minimum atomic E-state index is 0.186. The van der Waals surface area contributed by atoms with Crippen LogP contribution in [-0.2, 0) is 6.54 Å². The quantitative estimate of drug-likeness (QED) is 0.856. The standard InChI is InChI=1S/C17H22ClN5O/c1-20-8-9-23(17(20)24)15-4-6-21(7-5-15)11-14-12-22-10-13(18)2-3-16(22)19-14/h2-3,10,12,15H,4-9,11H2,1H3. The lowest BCUT2D eigenvalue weighted by Crippen LogP contribution is -2.46. The molecule has 0 radical (unpaired) electrons. The van der Waals surface area contributed by atoms with Gasteiger partial charge >= 0.3 is 6.03 Å². The lowest BCUT2D eigenvalue weighted by atomic mass is 10.0. The number of aromatic nitrogens is 2. The lowest BCUT2D eigenvalue weighted by molar-refractivity contribution is 0.127. The van der Waals surface area contributed by atoms with Gasteiger partial charge in [-0.2, -0.15) is 0 Å². The number of hydrogen-bond donors (Lipinski definition) is 0. The summed E-state index contributed by atoms with van der Waals surface area (Å²) in [5.41, 5.74) is 1.99. The third kappa shape index (κ3) is 2.96. The van der Waals surface area contributed by atoms with Gasteiger partial charge in [-0.25, -0.2) is 9.78 Å². The smallest absolute Gasteiger partial charge is 0.320 e. The molecule has 6 nitrogen and oxygen atoms in total. The molecule has 24 heavy (non-hydrogen) atoms. The zero-order valence-corrected chi connectivity index (χ0v) is 14.6. The van der Waals surface area contributed by atoms with Crippen LogP contribution in [0.2, 0.25) is 5.02 Å². The van der Waals surface area contributed by atoms with E-state index in [0.717, 1.165) is 56.9 Å². The van der Waals surface area contributed by atoms with Gasteiger partial charge in [-0.05, 0) is 25.0 Å². The van der Waals surface area contributed by atoms with E-state index in [1.54, 1.807) is 0 Å². The van der Waals surface area contributed by atoms with E-state index >= 15 is 0 Å². The van der Waals surface area contributed by atoms with Crippen LogP contribution in [0.4, 0.5) is 4.79 Å². The van der Waals surface area contributed by atoms with Gasteiger partial charge in [-0.15, -0.1) is 0 Å². The van der Waals surface area contributed by atoms with E-state index in [2.05, 4.69) is 9.88 Å². The predicted molar refractivity (Wildman–Crippen MR) is 93.2 cm³/mol. The second-order valence-electron chi connectivity index (χ2n) is 6.75. The molecule has 0 aliphatic carbocycles. The molecule has 0 N–H and O–H groups in total. The van der Waals surface area contributed by atoms with E-state index in [1.807, 2.05) is 45.8 Å². The Hall–Kier alpha value is -1.79. The van der Waals surface area contributed by atoms with Crippen LogP contribution in [0.15, 0.2) is 24.5 Å². The molecule has 7 heteroatoms. The third-order valence-electron chi connectivity index (χ3n) is 5.10. The molecule has 0 bridgehead atoms. The molecule has 0 atom stereocenters. The molecular weight excluding hydrogens is 326 g/mol. The normalized spacial score (nSPS) is 20.5. The summed E-state index contributed by atoms with van der Waals surface area (Å²) in [4.78, 5) is 23.1. The highest BCUT2D eigenvalue weighted by Gasteiger charge is 2.33. The fraction of sp³-hybridized carbons (Fsp3) is 0.529. The number of rotatable bonds is 3. The van der Waals surface area contributed by atoms with Crippen LogP contribution >= 0.6 is 11.6 Å². The summed E-state index contributed by atoms with van der Waals surface area (Å²) in [7, 11) is 1.88. The number of fused-ring (bicyclic) bond motifs is 1. The molecule has 2 saturated heterocycles. The van der Waals surface area contributed by atoms with Gasteiger partial charge in [0.2, 0.25) is 0 Å². The second kappa shape index (κ2) is 6.26. The summed E-state index contributed by atoms with van der Waals surface area (Å²) >= 11 is 6.03. The van der Waals surface area contributed by atoms with Gasteiger partial charge in [0.15, 0.2) is 0 Å². The molecule has 0 spiro atoms. The Morgan fingerprint density at radius 2 is 1.96 bits per heavy atom. The van der Waals surface area contributed by atoms with Gasteiger partial charge in [0.1, 0.15) is 5.65 Å². The number of imidazole rings is 1. The SMILES string of the molecule is CN1CCN(C2CCN(Cc3cn4cc(Cl)ccc4n3)CC2)C1=O. The minimum Gasteiger partial charge on any atom is -0.326 e. The number of likely N-dealkylation sites (N-methyl/N-ethyl adjacent to an activating group) is 1. The summed E-state index contributed by atoms with van der Waals surface area (Å²) in [6, 6.07) is 4.38. The van der Waals surface area contributed by atoms with Crippen molar-refractivity contribution in [1.29, 1.82) is 0 Å². The molecule has 128 valence electrons. The molecule has 4 heterocycles. The fourth-order valence-electron chi connectivity index (χ4n) is 3.72. The van der Waals surface area contributed by atoms with E-state index in [4.69, 9.17) is 11.6 Å². The summed E-state index contributed by atoms with van der Waals surface area (Å²) in [5, 5.41) is 0.715. The number of amides is 2. The number of nitrogens with zero attached hydrogens (tertiary/aromatic N) is 5. The van der Waals surface area contributed by atoms with Crippen LogP contribution in [0.3, 0.4) is 0 Å². The van der Waals surface area contributed by atoms with Crippen molar-refractivity contribution >= 4 is 23.3 Å². The Balaban J connectivity index is 1.36. The Bertz CT molecular complexity index is 753. The predicted octanol–water partition coefficient (Wildman–Crippen LogP) is 2.32. The number of carbonyl (C=O) groups excluding carboxylic acids is 1. The zero-order chi connectivity index (χ0) is 16.7. The van der Waals surface area contributed by atoms with Crippen LogP contribution in [0.1, 0.15) is 18.5 Å². The molecule has 0 aromatic carbocycles. The maximum absolute atomic E-state index is 12.1. The largest absolute Gasteiger partial charge is 0.326 e. The zero-order valence-electron chi connectivity index (χ0n) is 13.9. The van der Waals surface area contributed by atoms with E-state index in [0.29, 0.717) is 11.1 Å². The van der Waals surface area contributed by atoms with Crippen molar-refractivity contribution in [3.8, 4) is 0 Å². The summed E-state index contributed by atoms with van der Waals surface area (Å²) in [6.45, 7) is 4.58. The maximum atomic E-state index is 12.1. The molecular formula is C17H22ClN5O. The summed E-state index contributed by atoms with van der Waals surface area (Å²) in [5.74, 6) is 0. The highest BCUT2D eigenvalue weighted by atomic mass is 35.5. The first-order valence-corrected chi connectivity index (χ1v) is 8.85. The number of likely N-dealkylation sites (tertiary alicyclic amines) is 1. The van der Waals surface area contributed by atoms with Crippen LogP contribution in [0.5, 0.6) is 0 Å². The molecule has 2 aliphatic rings. The number of hydrogen-bond acceptors (Lipinski definition) is 3. The van der Waals surface area contributed by atoms with Crippen molar-refractivity contribution in [2.75, 3.05) is 33.2 Å². The molecule has 2 aromatic rings. The van der Waals surface area contributed by atoms with E-state index < -0.39 is 0 Å². The lowest BCUT2D eigenvalue weighted by Gasteiger charge is -2.36. The van der Waals surface area contributed by atoms with Gasteiger partial charge in [0.25, 0.3) is 0 Å². The first-order chi connectivity index (χ1) is 11.6. The van der Waals surface area contributed by atoms with Crippen molar-refractivity contribution in [2.24, 2.45) is 0 Å². The van der Waals surface area contributed by atoms with E-state index in [-0.39, 0.29) is 6.03 Å². The van der Waals surface area contributed by atoms with Crippen molar-refractivity contribution in [1.82, 2.24) is 24.1 Å². The molecule has 4 rings (SSSR count). The number of carbonyl (C=O) groups is 1. The van der Waals surface area contributed by atoms with Crippen molar-refractivity contribution in [3.05, 3.63) is 35.2 Å². The molecule has 2 fully saturated rings. The topological polar surface area (TPSA) is 44.1 Å². The molecule has 0 saturated carbocycles. The van der Waals surface area contributed by atoms with Gasteiger partial charge in [-0.3, -0.25) is 4.90 Å². The Morgan fingerprint density at radius 1 is 1.17 bits per heavy atom. The van der Waals surface area contributed by atoms with Crippen LogP contribution in [0.25, 0.3) is 5.65 Å². The van der Waals surface area contributed by atoms with E-state index in [9.17, 15) is 4.79 Å². The Morgan fingerprint density at radius 3 is 2.67 bits per heavy atom. The Kier molecular flexibility index (Phi) is 4.10. The van der Waals surface area contributed by atoms with Gasteiger partial charge in [0, 0.05) is 58.2 Å². The van der Waals surface area contributed by atoms with Crippen LogP contribution in [0, 0.1) is 0 Å². The molecule has 2 aromatic heterocycles. The third-order valence-corrected chi connectivity index (χ3v) is 5.32. The number of pyridine rings is 1. The maximum Gasteiger partial charge on any atom is 0.320 e. The fourth-order valence-corrected chi connectivity index (χ4v) is 3.89. The molecule has 2 aliphatic heterocycles. The van der Waals surface area contributed by atoms with E-state index in [1.165, 1.54) is 0 Å². The highest BCUT2D eigenvalue weighted by molar-refractivity contribution is 6.30. The molecule has 2 amide bonds. The Labute approximate surface area is 146 Å². The number of halogens is 1. The van der Waals surface area contributed by atoms with Crippen molar-refractivity contribution in [3.63, 3.8) is 0 Å². The van der Waals surface area contributed by atoms with Gasteiger partial charge in [0.05, 0.1) is 10.7 Å². The number of piperidine rings is 1. The first kappa shape index (κ1) is 15.7. The second-order valence-corrected chi connectivity index (χ2v) is 7.19. The monoisotopic (exact) mass is 347 g/mol. The van der Waals surface area contributed by atoms with Crippen molar-refractivity contribution < 1.29 is 4.79 Å². The highest BCUT2D eigenvalue weighted by Crippen LogP contribution is 2.22. The summed E-state index contributed by atoms with van der Waals surface area (Å²) < 4.78 is 1.98. The van der Waals surface area contributed by atoms with Gasteiger partial charge in [-0.1, -0.05) is 11.6 Å². The van der Waals surface area contributed by atoms with Crippen LogP contribution < -0.4 is 0 Å². The first-order valence-electron chi connectivity index (χ1n) is 8.47. The van der Waals surface area contributed by atoms with Crippen molar-refractivity contribution in [2.45, 2.75) is 25.4 Å². The molecule has 0 unspecified atom stereocenters. The van der Waals surface area contributed by atoms with Gasteiger partial charge < -0.3 is 14.2 Å². The summed E-state index contributed by atoms with van der Waals surface area (Å²) in [6.07, 6.45) is 6.01.